The minimum absolute atomic E-state index is 0.0304. The number of carbonyl (C=O) groups is 1. The first-order valence-corrected chi connectivity index (χ1v) is 5.33. The van der Waals surface area contributed by atoms with E-state index in [0.29, 0.717) is 15.8 Å². The number of hydrogen-bond acceptors (Lipinski definition) is 3. The maximum Gasteiger partial charge on any atom is 0.338 e. The molecule has 0 aliphatic heterocycles. The van der Waals surface area contributed by atoms with Crippen LogP contribution in [0.3, 0.4) is 0 Å². The average Bonchev–Trinajstić information content (AvgIpc) is 2.38. The van der Waals surface area contributed by atoms with Crippen LogP contribution >= 0.6 is 0 Å². The number of para-hydroxylation sites is 3. The SMILES string of the molecule is O=C(O)c1cccc2c1nc1ccccc1[n+]2[O-]. The number of carboxylic acid groups (broad SMARTS) is 1. The molecule has 0 unspecified atom stereocenters. The molecule has 1 aromatic heterocycles. The molecule has 3 aromatic rings. The van der Waals surface area contributed by atoms with Gasteiger partial charge in [-0.2, -0.15) is 4.73 Å². The van der Waals surface area contributed by atoms with E-state index in [1.54, 1.807) is 30.3 Å². The van der Waals surface area contributed by atoms with Gasteiger partial charge in [0.1, 0.15) is 5.52 Å². The second-order valence-electron chi connectivity index (χ2n) is 3.87. The van der Waals surface area contributed by atoms with E-state index in [2.05, 4.69) is 4.98 Å². The summed E-state index contributed by atoms with van der Waals surface area (Å²) < 4.78 is 0.712. The Labute approximate surface area is 102 Å². The zero-order chi connectivity index (χ0) is 12.7. The van der Waals surface area contributed by atoms with Crippen LogP contribution in [0.4, 0.5) is 0 Å². The molecule has 0 saturated heterocycles. The normalized spacial score (nSPS) is 10.9. The molecule has 3 rings (SSSR count). The van der Waals surface area contributed by atoms with Gasteiger partial charge in [-0.15, -0.1) is 0 Å². The summed E-state index contributed by atoms with van der Waals surface area (Å²) in [5.74, 6) is -1.09. The third-order valence-electron chi connectivity index (χ3n) is 2.80. The van der Waals surface area contributed by atoms with Gasteiger partial charge in [0.25, 0.3) is 0 Å². The van der Waals surface area contributed by atoms with Crippen molar-refractivity contribution in [2.24, 2.45) is 0 Å². The van der Waals surface area contributed by atoms with Gasteiger partial charge >= 0.3 is 5.97 Å². The summed E-state index contributed by atoms with van der Waals surface area (Å²) in [6.45, 7) is 0. The van der Waals surface area contributed by atoms with Crippen molar-refractivity contribution in [2.45, 2.75) is 0 Å². The molecule has 0 amide bonds. The van der Waals surface area contributed by atoms with Crippen molar-refractivity contribution in [2.75, 3.05) is 0 Å². The summed E-state index contributed by atoms with van der Waals surface area (Å²) in [7, 11) is 0. The molecule has 0 atom stereocenters. The van der Waals surface area contributed by atoms with Gasteiger partial charge in [-0.1, -0.05) is 18.2 Å². The minimum Gasteiger partial charge on any atom is -0.618 e. The van der Waals surface area contributed by atoms with Crippen LogP contribution in [0.2, 0.25) is 0 Å². The van der Waals surface area contributed by atoms with E-state index in [9.17, 15) is 10.0 Å². The lowest BCUT2D eigenvalue weighted by atomic mass is 10.1. The lowest BCUT2D eigenvalue weighted by Crippen LogP contribution is -2.29. The maximum atomic E-state index is 12.1. The maximum absolute atomic E-state index is 12.1. The van der Waals surface area contributed by atoms with Gasteiger partial charge in [0, 0.05) is 12.1 Å². The van der Waals surface area contributed by atoms with Gasteiger partial charge in [0.15, 0.2) is 5.52 Å². The van der Waals surface area contributed by atoms with E-state index in [-0.39, 0.29) is 16.6 Å². The molecule has 5 heteroatoms. The van der Waals surface area contributed by atoms with E-state index < -0.39 is 5.97 Å². The Morgan fingerprint density at radius 2 is 1.83 bits per heavy atom. The summed E-state index contributed by atoms with van der Waals surface area (Å²) in [5, 5.41) is 21.2. The largest absolute Gasteiger partial charge is 0.618 e. The Hall–Kier alpha value is -2.69. The molecule has 1 heterocycles. The van der Waals surface area contributed by atoms with E-state index in [1.807, 2.05) is 0 Å². The number of benzene rings is 2. The Morgan fingerprint density at radius 3 is 2.61 bits per heavy atom. The Kier molecular flexibility index (Phi) is 2.13. The molecule has 0 aliphatic rings. The van der Waals surface area contributed by atoms with Crippen LogP contribution in [-0.4, -0.2) is 16.1 Å². The zero-order valence-corrected chi connectivity index (χ0v) is 9.20. The second-order valence-corrected chi connectivity index (χ2v) is 3.87. The molecule has 0 bridgehead atoms. The molecular weight excluding hydrogens is 232 g/mol. The molecule has 88 valence electrons. The summed E-state index contributed by atoms with van der Waals surface area (Å²) in [6, 6.07) is 11.4. The van der Waals surface area contributed by atoms with E-state index in [4.69, 9.17) is 5.11 Å². The number of aromatic carboxylic acids is 1. The predicted molar refractivity (Wildman–Crippen MR) is 65.2 cm³/mol. The summed E-state index contributed by atoms with van der Waals surface area (Å²) in [6.07, 6.45) is 0. The minimum atomic E-state index is -1.09. The third kappa shape index (κ3) is 1.37. The van der Waals surface area contributed by atoms with E-state index in [0.717, 1.165) is 0 Å². The molecule has 18 heavy (non-hydrogen) atoms. The average molecular weight is 240 g/mol. The lowest BCUT2D eigenvalue weighted by molar-refractivity contribution is -0.548. The van der Waals surface area contributed by atoms with E-state index >= 15 is 0 Å². The van der Waals surface area contributed by atoms with Gasteiger partial charge in [-0.3, -0.25) is 0 Å². The monoisotopic (exact) mass is 240 g/mol. The molecule has 0 radical (unpaired) electrons. The Balaban J connectivity index is 2.55. The van der Waals surface area contributed by atoms with Crippen molar-refractivity contribution in [1.82, 2.24) is 4.98 Å². The van der Waals surface area contributed by atoms with Crippen LogP contribution in [0.15, 0.2) is 42.5 Å². The molecular formula is C13H8N2O3. The van der Waals surface area contributed by atoms with Gasteiger partial charge in [-0.05, 0) is 12.1 Å². The highest BCUT2D eigenvalue weighted by Crippen LogP contribution is 2.17. The van der Waals surface area contributed by atoms with Crippen LogP contribution < -0.4 is 4.73 Å². The van der Waals surface area contributed by atoms with Crippen molar-refractivity contribution in [3.05, 3.63) is 53.2 Å². The number of nitrogens with zero attached hydrogens (tertiary/aromatic N) is 2. The number of aromatic nitrogens is 2. The number of fused-ring (bicyclic) bond motifs is 2. The summed E-state index contributed by atoms with van der Waals surface area (Å²) in [5.41, 5.74) is 1.40. The molecule has 2 aromatic carbocycles. The third-order valence-corrected chi connectivity index (χ3v) is 2.80. The van der Waals surface area contributed by atoms with Gasteiger partial charge in [-0.25, -0.2) is 9.78 Å². The summed E-state index contributed by atoms with van der Waals surface area (Å²) >= 11 is 0. The lowest BCUT2D eigenvalue weighted by Gasteiger charge is -2.06. The topological polar surface area (TPSA) is 77.1 Å². The van der Waals surface area contributed by atoms with Gasteiger partial charge in [0.2, 0.25) is 11.0 Å². The van der Waals surface area contributed by atoms with Crippen molar-refractivity contribution >= 4 is 28.0 Å². The molecule has 1 N–H and O–H groups in total. The Morgan fingerprint density at radius 1 is 1.11 bits per heavy atom. The van der Waals surface area contributed by atoms with Gasteiger partial charge in [0.05, 0.1) is 5.56 Å². The van der Waals surface area contributed by atoms with Gasteiger partial charge < -0.3 is 10.3 Å². The fourth-order valence-corrected chi connectivity index (χ4v) is 1.97. The highest BCUT2D eigenvalue weighted by Gasteiger charge is 2.17. The number of carboxylic acids is 1. The molecule has 0 aliphatic carbocycles. The highest BCUT2D eigenvalue weighted by atomic mass is 16.5. The van der Waals surface area contributed by atoms with E-state index in [1.165, 1.54) is 12.1 Å². The van der Waals surface area contributed by atoms with Crippen molar-refractivity contribution in [1.29, 1.82) is 0 Å². The summed E-state index contributed by atoms with van der Waals surface area (Å²) in [4.78, 5) is 15.4. The number of rotatable bonds is 1. The van der Waals surface area contributed by atoms with Crippen LogP contribution in [-0.2, 0) is 0 Å². The standard InChI is InChI=1S/C13H8N2O3/c16-13(17)8-4-3-7-11-12(8)14-9-5-1-2-6-10(9)15(11)18/h1-7H,(H,16,17). The first-order valence-electron chi connectivity index (χ1n) is 5.33. The zero-order valence-electron chi connectivity index (χ0n) is 9.20. The first-order chi connectivity index (χ1) is 8.68. The first kappa shape index (κ1) is 10.5. The number of hydrogen-bond donors (Lipinski definition) is 1. The smallest absolute Gasteiger partial charge is 0.338 e. The predicted octanol–water partition coefficient (Wildman–Crippen LogP) is 1.72. The fourth-order valence-electron chi connectivity index (χ4n) is 1.97. The molecule has 0 fully saturated rings. The van der Waals surface area contributed by atoms with Crippen LogP contribution in [0.1, 0.15) is 10.4 Å². The van der Waals surface area contributed by atoms with Crippen LogP contribution in [0, 0.1) is 5.21 Å². The van der Waals surface area contributed by atoms with Crippen LogP contribution in [0.5, 0.6) is 0 Å². The molecule has 0 spiro atoms. The Bertz CT molecular complexity index is 784. The second kappa shape index (κ2) is 3.66. The van der Waals surface area contributed by atoms with Crippen molar-refractivity contribution in [3.63, 3.8) is 0 Å². The molecule has 5 nitrogen and oxygen atoms in total. The van der Waals surface area contributed by atoms with Crippen molar-refractivity contribution in [3.8, 4) is 0 Å². The molecule has 0 saturated carbocycles. The van der Waals surface area contributed by atoms with Crippen molar-refractivity contribution < 1.29 is 14.6 Å². The van der Waals surface area contributed by atoms with Crippen LogP contribution in [0.25, 0.3) is 22.1 Å². The quantitative estimate of drug-likeness (QED) is 0.399. The highest BCUT2D eigenvalue weighted by molar-refractivity contribution is 6.01. The fraction of sp³-hybridized carbons (Fsp3) is 0.